The van der Waals surface area contributed by atoms with E-state index in [2.05, 4.69) is 23.4 Å². The minimum atomic E-state index is -0.0497. The maximum absolute atomic E-state index is 13.3. The van der Waals surface area contributed by atoms with Crippen molar-refractivity contribution in [3.63, 3.8) is 0 Å². The summed E-state index contributed by atoms with van der Waals surface area (Å²) in [6.07, 6.45) is 5.71. The summed E-state index contributed by atoms with van der Waals surface area (Å²) >= 11 is 0. The lowest BCUT2D eigenvalue weighted by atomic mass is 10.0. The maximum atomic E-state index is 13.3. The summed E-state index contributed by atoms with van der Waals surface area (Å²) in [5.74, 6) is 0.661. The van der Waals surface area contributed by atoms with Crippen molar-refractivity contribution >= 4 is 22.4 Å². The molecule has 176 valence electrons. The summed E-state index contributed by atoms with van der Waals surface area (Å²) in [4.78, 5) is 18.2. The highest BCUT2D eigenvalue weighted by Gasteiger charge is 2.17. The fraction of sp³-hybridized carbons (Fsp3) is 0.207. The van der Waals surface area contributed by atoms with Gasteiger partial charge in [-0.3, -0.25) is 9.48 Å². The molecule has 0 atom stereocenters. The highest BCUT2D eigenvalue weighted by Crippen LogP contribution is 2.35. The SMILES string of the molecule is CCCOc1cccc(C(=O)c2cccc3c4cccc(NCCc5cnn(C)c5)c4nc-3c2)c1. The van der Waals surface area contributed by atoms with Crippen LogP contribution in [0.3, 0.4) is 0 Å². The topological polar surface area (TPSA) is 69.0 Å². The molecule has 6 heteroatoms. The second kappa shape index (κ2) is 9.97. The number of rotatable bonds is 9. The second-order valence-corrected chi connectivity index (χ2v) is 8.64. The molecule has 1 aromatic heterocycles. The molecule has 0 amide bonds. The van der Waals surface area contributed by atoms with Gasteiger partial charge in [0.05, 0.1) is 29.7 Å². The molecule has 0 saturated heterocycles. The number of carbonyl (C=O) groups excluding carboxylic acids is 1. The number of ketones is 1. The van der Waals surface area contributed by atoms with Crippen LogP contribution in [0.1, 0.15) is 34.8 Å². The van der Waals surface area contributed by atoms with Crippen molar-refractivity contribution < 1.29 is 9.53 Å². The van der Waals surface area contributed by atoms with E-state index in [4.69, 9.17) is 9.72 Å². The Morgan fingerprint density at radius 1 is 1.03 bits per heavy atom. The van der Waals surface area contributed by atoms with Crippen LogP contribution in [0.25, 0.3) is 22.2 Å². The van der Waals surface area contributed by atoms with Gasteiger partial charge in [-0.1, -0.05) is 49.4 Å². The largest absolute Gasteiger partial charge is 0.494 e. The standard InChI is InChI=1S/C29H28N4O2/c1-3-15-35-23-9-4-7-21(16-23)29(34)22-8-5-10-24-25-11-6-12-26(28(25)32-27(24)17-22)30-14-13-20-18-31-33(2)19-20/h4-12,16-19,30H,3,13-15H2,1-2H3. The first kappa shape index (κ1) is 22.6. The molecule has 0 radical (unpaired) electrons. The van der Waals surface area contributed by atoms with E-state index in [-0.39, 0.29) is 5.78 Å². The fourth-order valence-electron chi connectivity index (χ4n) is 4.27. The predicted octanol–water partition coefficient (Wildman–Crippen LogP) is 5.75. The van der Waals surface area contributed by atoms with Crippen LogP contribution in [0.5, 0.6) is 5.75 Å². The predicted molar refractivity (Wildman–Crippen MR) is 139 cm³/mol. The van der Waals surface area contributed by atoms with E-state index in [1.54, 1.807) is 6.07 Å². The number of ether oxygens (including phenoxy) is 1. The Morgan fingerprint density at radius 2 is 1.83 bits per heavy atom. The Balaban J connectivity index is 1.43. The van der Waals surface area contributed by atoms with Crippen LogP contribution in [0, 0.1) is 0 Å². The Labute approximate surface area is 204 Å². The molecule has 1 aliphatic heterocycles. The molecule has 0 spiro atoms. The molecular formula is C29H28N4O2. The molecule has 3 aromatic rings. The number of hydrogen-bond donors (Lipinski definition) is 1. The van der Waals surface area contributed by atoms with Crippen molar-refractivity contribution in [2.24, 2.45) is 7.05 Å². The zero-order valence-corrected chi connectivity index (χ0v) is 20.0. The zero-order valence-electron chi connectivity index (χ0n) is 20.0. The van der Waals surface area contributed by atoms with Crippen LogP contribution < -0.4 is 10.1 Å². The number of anilines is 1. The molecule has 1 aliphatic carbocycles. The van der Waals surface area contributed by atoms with Crippen molar-refractivity contribution in [3.05, 3.63) is 95.8 Å². The highest BCUT2D eigenvalue weighted by molar-refractivity contribution is 6.10. The Kier molecular flexibility index (Phi) is 6.44. The van der Waals surface area contributed by atoms with E-state index in [9.17, 15) is 4.79 Å². The van der Waals surface area contributed by atoms with Crippen LogP contribution in [-0.2, 0) is 13.5 Å². The third kappa shape index (κ3) is 4.87. The van der Waals surface area contributed by atoms with Crippen LogP contribution in [0.4, 0.5) is 5.69 Å². The van der Waals surface area contributed by atoms with Gasteiger partial charge >= 0.3 is 0 Å². The molecule has 0 bridgehead atoms. The lowest BCUT2D eigenvalue weighted by Gasteiger charge is -2.06. The number of carbonyl (C=O) groups is 1. The van der Waals surface area contributed by atoms with Gasteiger partial charge in [0.2, 0.25) is 0 Å². The number of hydrogen-bond acceptors (Lipinski definition) is 5. The average Bonchev–Trinajstić information content (AvgIpc) is 3.38. The summed E-state index contributed by atoms with van der Waals surface area (Å²) < 4.78 is 7.52. The Bertz CT molecular complexity index is 1460. The monoisotopic (exact) mass is 464 g/mol. The molecule has 1 N–H and O–H groups in total. The quantitative estimate of drug-likeness (QED) is 0.281. The Hall–Kier alpha value is -4.19. The number of benzene rings is 2. The van der Waals surface area contributed by atoms with Gasteiger partial charge in [0.25, 0.3) is 0 Å². The first-order chi connectivity index (χ1) is 17.1. The molecular weight excluding hydrogens is 436 g/mol. The summed E-state index contributed by atoms with van der Waals surface area (Å²) in [6, 6.07) is 21.2. The number of aryl methyl sites for hydroxylation is 1. The fourth-order valence-corrected chi connectivity index (χ4v) is 4.27. The smallest absolute Gasteiger partial charge is 0.193 e. The maximum Gasteiger partial charge on any atom is 0.193 e. The van der Waals surface area contributed by atoms with E-state index in [1.165, 1.54) is 5.56 Å². The molecule has 0 fully saturated rings. The van der Waals surface area contributed by atoms with Crippen molar-refractivity contribution in [1.82, 2.24) is 14.8 Å². The normalized spacial score (nSPS) is 11.1. The molecule has 2 aromatic carbocycles. The van der Waals surface area contributed by atoms with Crippen LogP contribution in [0.15, 0.2) is 79.1 Å². The van der Waals surface area contributed by atoms with Crippen LogP contribution in [0.2, 0.25) is 0 Å². The van der Waals surface area contributed by atoms with Crippen LogP contribution in [-0.4, -0.2) is 33.7 Å². The van der Waals surface area contributed by atoms with Crippen molar-refractivity contribution in [2.75, 3.05) is 18.5 Å². The highest BCUT2D eigenvalue weighted by atomic mass is 16.5. The summed E-state index contributed by atoms with van der Waals surface area (Å²) in [5.41, 5.74) is 6.11. The van der Waals surface area contributed by atoms with Gasteiger partial charge in [0.1, 0.15) is 5.75 Å². The molecule has 5 rings (SSSR count). The molecule has 0 saturated carbocycles. The number of aromatic nitrogens is 3. The van der Waals surface area contributed by atoms with E-state index < -0.39 is 0 Å². The van der Waals surface area contributed by atoms with Gasteiger partial charge in [-0.2, -0.15) is 5.10 Å². The van der Waals surface area contributed by atoms with E-state index in [0.717, 1.165) is 47.2 Å². The molecule has 2 aliphatic rings. The van der Waals surface area contributed by atoms with Gasteiger partial charge in [0, 0.05) is 41.9 Å². The lowest BCUT2D eigenvalue weighted by molar-refractivity contribution is 0.103. The van der Waals surface area contributed by atoms with Crippen molar-refractivity contribution in [1.29, 1.82) is 0 Å². The van der Waals surface area contributed by atoms with Gasteiger partial charge in [-0.25, -0.2) is 4.98 Å². The minimum Gasteiger partial charge on any atom is -0.494 e. The van der Waals surface area contributed by atoms with E-state index in [0.29, 0.717) is 23.5 Å². The first-order valence-corrected chi connectivity index (χ1v) is 11.9. The lowest BCUT2D eigenvalue weighted by Crippen LogP contribution is -2.04. The number of nitrogens with one attached hydrogen (secondary N) is 1. The summed E-state index contributed by atoms with van der Waals surface area (Å²) in [6.45, 7) is 3.46. The average molecular weight is 465 g/mol. The van der Waals surface area contributed by atoms with Gasteiger partial charge in [-0.15, -0.1) is 0 Å². The van der Waals surface area contributed by atoms with Gasteiger partial charge in [-0.05, 0) is 42.7 Å². The van der Waals surface area contributed by atoms with Gasteiger partial charge in [0.15, 0.2) is 5.78 Å². The number of fused-ring (bicyclic) bond motifs is 3. The molecule has 0 unspecified atom stereocenters. The summed E-state index contributed by atoms with van der Waals surface area (Å²) in [5, 5.41) is 8.82. The number of nitrogens with zero attached hydrogens (tertiary/aromatic N) is 3. The third-order valence-corrected chi connectivity index (χ3v) is 5.98. The minimum absolute atomic E-state index is 0.0497. The van der Waals surface area contributed by atoms with E-state index >= 15 is 0 Å². The van der Waals surface area contributed by atoms with Crippen molar-refractivity contribution in [3.8, 4) is 17.0 Å². The number of para-hydroxylation sites is 1. The zero-order chi connectivity index (χ0) is 24.2. The van der Waals surface area contributed by atoms with Crippen LogP contribution >= 0.6 is 0 Å². The Morgan fingerprint density at radius 3 is 2.63 bits per heavy atom. The molecule has 35 heavy (non-hydrogen) atoms. The third-order valence-electron chi connectivity index (χ3n) is 5.98. The molecule has 2 heterocycles. The first-order valence-electron chi connectivity index (χ1n) is 11.9. The second-order valence-electron chi connectivity index (χ2n) is 8.64. The molecule has 6 nitrogen and oxygen atoms in total. The van der Waals surface area contributed by atoms with Crippen molar-refractivity contribution in [2.45, 2.75) is 19.8 Å². The van der Waals surface area contributed by atoms with E-state index in [1.807, 2.05) is 78.7 Å². The summed E-state index contributed by atoms with van der Waals surface area (Å²) in [7, 11) is 1.92. The van der Waals surface area contributed by atoms with Gasteiger partial charge < -0.3 is 10.1 Å².